The number of hydrogen-bond donors (Lipinski definition) is 1. The first-order valence-corrected chi connectivity index (χ1v) is 8.93. The normalized spacial score (nSPS) is 18.4. The number of hydrogen-bond acceptors (Lipinski definition) is 3. The summed E-state index contributed by atoms with van der Waals surface area (Å²) in [6.07, 6.45) is 2.57. The Balaban J connectivity index is 0.00000312. The van der Waals surface area contributed by atoms with Crippen molar-refractivity contribution in [2.75, 3.05) is 47.4 Å². The molecule has 0 aliphatic carbocycles. The van der Waals surface area contributed by atoms with Crippen LogP contribution in [0, 0.1) is 5.92 Å². The van der Waals surface area contributed by atoms with E-state index in [-0.39, 0.29) is 24.0 Å². The van der Waals surface area contributed by atoms with Crippen LogP contribution >= 0.6 is 24.0 Å². The number of halogens is 1. The van der Waals surface area contributed by atoms with Crippen molar-refractivity contribution in [2.24, 2.45) is 10.9 Å². The molecule has 0 saturated carbocycles. The van der Waals surface area contributed by atoms with E-state index in [1.165, 1.54) is 24.9 Å². The van der Waals surface area contributed by atoms with Crippen molar-refractivity contribution < 1.29 is 4.74 Å². The molecule has 1 saturated heterocycles. The maximum Gasteiger partial charge on any atom is 0.193 e. The number of ether oxygens (including phenoxy) is 1. The number of nitrogens with zero attached hydrogens (tertiary/aromatic N) is 3. The summed E-state index contributed by atoms with van der Waals surface area (Å²) in [6, 6.07) is 8.22. The zero-order valence-electron chi connectivity index (χ0n) is 16.0. The second-order valence-corrected chi connectivity index (χ2v) is 6.67. The first-order chi connectivity index (χ1) is 11.6. The highest BCUT2D eigenvalue weighted by molar-refractivity contribution is 14.0. The summed E-state index contributed by atoms with van der Waals surface area (Å²) in [7, 11) is 6.00. The van der Waals surface area contributed by atoms with E-state index < -0.39 is 0 Å². The first-order valence-electron chi connectivity index (χ1n) is 8.93. The molecule has 1 heterocycles. The smallest absolute Gasteiger partial charge is 0.193 e. The van der Waals surface area contributed by atoms with E-state index >= 15 is 0 Å². The third kappa shape index (κ3) is 7.40. The molecule has 0 spiro atoms. The quantitative estimate of drug-likeness (QED) is 0.403. The minimum Gasteiger partial charge on any atom is -0.497 e. The molecule has 2 rings (SSSR count). The summed E-state index contributed by atoms with van der Waals surface area (Å²) in [4.78, 5) is 9.49. The van der Waals surface area contributed by atoms with E-state index in [2.05, 4.69) is 48.3 Å². The third-order valence-corrected chi connectivity index (χ3v) is 4.50. The molecule has 1 N–H and O–H groups in total. The van der Waals surface area contributed by atoms with Crippen molar-refractivity contribution in [1.29, 1.82) is 0 Å². The van der Waals surface area contributed by atoms with Gasteiger partial charge in [0.25, 0.3) is 0 Å². The van der Waals surface area contributed by atoms with Crippen LogP contribution in [0.2, 0.25) is 0 Å². The highest BCUT2D eigenvalue weighted by Crippen LogP contribution is 2.16. The number of benzene rings is 1. The van der Waals surface area contributed by atoms with Gasteiger partial charge in [-0.1, -0.05) is 12.1 Å². The van der Waals surface area contributed by atoms with Crippen molar-refractivity contribution in [3.05, 3.63) is 29.8 Å². The number of guanidine groups is 1. The van der Waals surface area contributed by atoms with Crippen LogP contribution in [0.25, 0.3) is 0 Å². The van der Waals surface area contributed by atoms with E-state index in [1.807, 2.05) is 12.1 Å². The molecule has 5 nitrogen and oxygen atoms in total. The zero-order chi connectivity index (χ0) is 17.4. The van der Waals surface area contributed by atoms with E-state index in [1.54, 1.807) is 7.11 Å². The van der Waals surface area contributed by atoms with Crippen molar-refractivity contribution in [2.45, 2.75) is 26.3 Å². The lowest BCUT2D eigenvalue weighted by molar-refractivity contribution is 0.214. The number of rotatable bonds is 6. The van der Waals surface area contributed by atoms with Crippen molar-refractivity contribution in [3.8, 4) is 5.75 Å². The van der Waals surface area contributed by atoms with Gasteiger partial charge in [0.1, 0.15) is 5.75 Å². The van der Waals surface area contributed by atoms with E-state index in [4.69, 9.17) is 9.73 Å². The van der Waals surface area contributed by atoms with Gasteiger partial charge in [-0.2, -0.15) is 0 Å². The lowest BCUT2D eigenvalue weighted by Crippen LogP contribution is -2.39. The van der Waals surface area contributed by atoms with Crippen LogP contribution in [0.3, 0.4) is 0 Å². The zero-order valence-corrected chi connectivity index (χ0v) is 18.3. The van der Waals surface area contributed by atoms with Gasteiger partial charge in [-0.3, -0.25) is 4.99 Å². The molecule has 25 heavy (non-hydrogen) atoms. The first kappa shape index (κ1) is 22.0. The fraction of sp³-hybridized carbons (Fsp3) is 0.632. The van der Waals surface area contributed by atoms with Crippen LogP contribution in [0.15, 0.2) is 29.3 Å². The molecule has 6 heteroatoms. The average molecular weight is 460 g/mol. The lowest BCUT2D eigenvalue weighted by atomic mass is 9.99. The lowest BCUT2D eigenvalue weighted by Gasteiger charge is -2.29. The summed E-state index contributed by atoms with van der Waals surface area (Å²) < 4.78 is 5.22. The Labute approximate surface area is 169 Å². The van der Waals surface area contributed by atoms with Gasteiger partial charge >= 0.3 is 0 Å². The van der Waals surface area contributed by atoms with Gasteiger partial charge < -0.3 is 19.9 Å². The van der Waals surface area contributed by atoms with Crippen LogP contribution in [-0.2, 0) is 6.54 Å². The molecule has 1 unspecified atom stereocenters. The van der Waals surface area contributed by atoms with Gasteiger partial charge in [-0.15, -0.1) is 24.0 Å². The van der Waals surface area contributed by atoms with Crippen LogP contribution in [0.1, 0.15) is 25.3 Å². The van der Waals surface area contributed by atoms with Crippen molar-refractivity contribution in [3.63, 3.8) is 0 Å². The second kappa shape index (κ2) is 11.6. The molecule has 1 aromatic carbocycles. The van der Waals surface area contributed by atoms with E-state index in [9.17, 15) is 0 Å². The minimum atomic E-state index is 0. The molecule has 0 bridgehead atoms. The standard InChI is InChI=1S/C19H32N4O.HI/c1-5-20-19(21-13-17-7-6-12-22(2)14-17)23(3)15-16-8-10-18(24-4)11-9-16;/h8-11,17H,5-7,12-15H2,1-4H3,(H,20,21);1H. The topological polar surface area (TPSA) is 40.1 Å². The van der Waals surface area contributed by atoms with E-state index in [0.717, 1.165) is 37.9 Å². The maximum absolute atomic E-state index is 5.22. The Morgan fingerprint density at radius 1 is 1.36 bits per heavy atom. The molecule has 1 atom stereocenters. The number of piperidine rings is 1. The van der Waals surface area contributed by atoms with Gasteiger partial charge in [0, 0.05) is 33.2 Å². The predicted octanol–water partition coefficient (Wildman–Crippen LogP) is 3.05. The Kier molecular flexibility index (Phi) is 10.2. The van der Waals surface area contributed by atoms with Gasteiger partial charge in [0.05, 0.1) is 7.11 Å². The van der Waals surface area contributed by atoms with Gasteiger partial charge in [-0.25, -0.2) is 0 Å². The molecule has 142 valence electrons. The number of methoxy groups -OCH3 is 1. The predicted molar refractivity (Wildman–Crippen MR) is 116 cm³/mol. The van der Waals surface area contributed by atoms with E-state index in [0.29, 0.717) is 5.92 Å². The molecule has 1 fully saturated rings. The molecule has 0 radical (unpaired) electrons. The van der Waals surface area contributed by atoms with Gasteiger partial charge in [0.2, 0.25) is 0 Å². The monoisotopic (exact) mass is 460 g/mol. The highest BCUT2D eigenvalue weighted by atomic mass is 127. The maximum atomic E-state index is 5.22. The average Bonchev–Trinajstić information content (AvgIpc) is 2.59. The SMILES string of the molecule is CCNC(=NCC1CCCN(C)C1)N(C)Cc1ccc(OC)cc1.I. The molecule has 1 aromatic rings. The number of nitrogens with one attached hydrogen (secondary N) is 1. The van der Waals surface area contributed by atoms with Crippen LogP contribution in [0.5, 0.6) is 5.75 Å². The Hall–Kier alpha value is -1.02. The summed E-state index contributed by atoms with van der Waals surface area (Å²) in [5.41, 5.74) is 1.25. The summed E-state index contributed by atoms with van der Waals surface area (Å²) in [6.45, 7) is 7.12. The molecule has 0 aromatic heterocycles. The second-order valence-electron chi connectivity index (χ2n) is 6.67. The van der Waals surface area contributed by atoms with Crippen molar-refractivity contribution >= 4 is 29.9 Å². The van der Waals surface area contributed by atoms with Crippen LogP contribution < -0.4 is 10.1 Å². The van der Waals surface area contributed by atoms with Crippen molar-refractivity contribution in [1.82, 2.24) is 15.1 Å². The largest absolute Gasteiger partial charge is 0.497 e. The molecular formula is C19H33IN4O. The molecular weight excluding hydrogens is 427 g/mol. The Morgan fingerprint density at radius 3 is 2.68 bits per heavy atom. The van der Waals surface area contributed by atoms with Gasteiger partial charge in [0.15, 0.2) is 5.96 Å². The van der Waals surface area contributed by atoms with Crippen LogP contribution in [-0.4, -0.2) is 63.1 Å². The summed E-state index contributed by atoms with van der Waals surface area (Å²) in [5.74, 6) is 2.55. The molecule has 1 aliphatic rings. The minimum absolute atomic E-state index is 0. The Bertz CT molecular complexity index is 521. The fourth-order valence-corrected chi connectivity index (χ4v) is 3.19. The fourth-order valence-electron chi connectivity index (χ4n) is 3.19. The summed E-state index contributed by atoms with van der Waals surface area (Å²) in [5, 5.41) is 3.41. The molecule has 0 amide bonds. The third-order valence-electron chi connectivity index (χ3n) is 4.50. The van der Waals surface area contributed by atoms with Crippen LogP contribution in [0.4, 0.5) is 0 Å². The number of aliphatic imine (C=N–C) groups is 1. The van der Waals surface area contributed by atoms with Gasteiger partial charge in [-0.05, 0) is 57.0 Å². The Morgan fingerprint density at radius 2 is 2.08 bits per heavy atom. The molecule has 1 aliphatic heterocycles. The highest BCUT2D eigenvalue weighted by Gasteiger charge is 2.17. The summed E-state index contributed by atoms with van der Waals surface area (Å²) >= 11 is 0. The number of likely N-dealkylation sites (tertiary alicyclic amines) is 1.